The smallest absolute Gasteiger partial charge is 0.263 e. The highest BCUT2D eigenvalue weighted by molar-refractivity contribution is 5.76. The predicted octanol–water partition coefficient (Wildman–Crippen LogP) is 2.74. The van der Waals surface area contributed by atoms with Crippen molar-refractivity contribution in [1.82, 2.24) is 0 Å². The van der Waals surface area contributed by atoms with Crippen LogP contribution in [0.1, 0.15) is 40.8 Å². The second kappa shape index (κ2) is 4.77. The molecule has 0 saturated carbocycles. The van der Waals surface area contributed by atoms with E-state index in [1.54, 1.807) is 6.92 Å². The number of halogens is 2. The number of hydrogen-bond acceptors (Lipinski definition) is 2. The Labute approximate surface area is 85.9 Å². The third-order valence-corrected chi connectivity index (χ3v) is 2.12. The lowest BCUT2D eigenvalue weighted by molar-refractivity contribution is -0.108. The maximum Gasteiger partial charge on any atom is 0.263 e. The van der Waals surface area contributed by atoms with E-state index in [-0.39, 0.29) is 11.1 Å². The molecule has 0 bridgehead atoms. The number of benzene rings is 1. The molecule has 0 aliphatic heterocycles. The molecule has 0 N–H and O–H groups in total. The van der Waals surface area contributed by atoms with Gasteiger partial charge in [0.2, 0.25) is 0 Å². The van der Waals surface area contributed by atoms with Gasteiger partial charge in [0.1, 0.15) is 12.6 Å². The Balaban J connectivity index is 3.22. The number of hydrogen-bond donors (Lipinski definition) is 0. The summed E-state index contributed by atoms with van der Waals surface area (Å²) in [7, 11) is 0. The zero-order chi connectivity index (χ0) is 11.4. The van der Waals surface area contributed by atoms with Gasteiger partial charge < -0.3 is 4.79 Å². The molecule has 0 spiro atoms. The number of rotatable bonds is 4. The number of carbonyl (C=O) groups is 2. The van der Waals surface area contributed by atoms with Crippen molar-refractivity contribution >= 4 is 12.6 Å². The van der Waals surface area contributed by atoms with Crippen molar-refractivity contribution in [3.05, 3.63) is 34.9 Å². The van der Waals surface area contributed by atoms with E-state index < -0.39 is 12.3 Å². The second-order valence-corrected chi connectivity index (χ2v) is 3.28. The van der Waals surface area contributed by atoms with Gasteiger partial charge >= 0.3 is 0 Å². The van der Waals surface area contributed by atoms with E-state index in [2.05, 4.69) is 0 Å². The minimum Gasteiger partial charge on any atom is -0.303 e. The summed E-state index contributed by atoms with van der Waals surface area (Å²) in [5, 5.41) is 0. The third-order valence-electron chi connectivity index (χ3n) is 2.12. The average molecular weight is 212 g/mol. The van der Waals surface area contributed by atoms with Gasteiger partial charge in [-0.25, -0.2) is 8.78 Å². The average Bonchev–Trinajstić information content (AvgIpc) is 2.27. The van der Waals surface area contributed by atoms with Crippen molar-refractivity contribution in [3.8, 4) is 0 Å². The number of alkyl halides is 2. The first kappa shape index (κ1) is 11.5. The highest BCUT2D eigenvalue weighted by Gasteiger charge is 2.12. The highest BCUT2D eigenvalue weighted by atomic mass is 19.3. The monoisotopic (exact) mass is 212 g/mol. The summed E-state index contributed by atoms with van der Waals surface area (Å²) in [6, 6.07) is 3.81. The van der Waals surface area contributed by atoms with Gasteiger partial charge in [0.25, 0.3) is 6.43 Å². The largest absolute Gasteiger partial charge is 0.303 e. The molecule has 15 heavy (non-hydrogen) atoms. The number of aldehydes is 2. The van der Waals surface area contributed by atoms with Crippen molar-refractivity contribution in [2.45, 2.75) is 19.3 Å². The predicted molar refractivity (Wildman–Crippen MR) is 51.3 cm³/mol. The Bertz CT molecular complexity index is 375. The van der Waals surface area contributed by atoms with Gasteiger partial charge in [-0.3, -0.25) is 4.79 Å². The van der Waals surface area contributed by atoms with E-state index >= 15 is 0 Å². The van der Waals surface area contributed by atoms with Crippen LogP contribution in [0.2, 0.25) is 0 Å². The molecule has 4 heteroatoms. The fourth-order valence-electron chi connectivity index (χ4n) is 1.24. The van der Waals surface area contributed by atoms with Gasteiger partial charge in [-0.1, -0.05) is 6.92 Å². The molecule has 0 saturated heterocycles. The van der Waals surface area contributed by atoms with Gasteiger partial charge in [0.15, 0.2) is 0 Å². The van der Waals surface area contributed by atoms with E-state index in [4.69, 9.17) is 0 Å². The molecular formula is C11H10F2O2. The maximum absolute atomic E-state index is 12.4. The third kappa shape index (κ3) is 2.68. The van der Waals surface area contributed by atoms with Crippen LogP contribution in [-0.4, -0.2) is 12.6 Å². The van der Waals surface area contributed by atoms with Gasteiger partial charge in [-0.2, -0.15) is 0 Å². The summed E-state index contributed by atoms with van der Waals surface area (Å²) < 4.78 is 24.9. The second-order valence-electron chi connectivity index (χ2n) is 3.28. The Morgan fingerprint density at radius 2 is 1.73 bits per heavy atom. The fraction of sp³-hybridized carbons (Fsp3) is 0.273. The summed E-state index contributed by atoms with van der Waals surface area (Å²) in [4.78, 5) is 21.0. The Hall–Kier alpha value is -1.58. The van der Waals surface area contributed by atoms with Crippen molar-refractivity contribution in [3.63, 3.8) is 0 Å². The first-order valence-corrected chi connectivity index (χ1v) is 4.42. The summed E-state index contributed by atoms with van der Waals surface area (Å²) in [5.74, 6) is -0.484. The zero-order valence-electron chi connectivity index (χ0n) is 8.11. The van der Waals surface area contributed by atoms with E-state index in [9.17, 15) is 18.4 Å². The van der Waals surface area contributed by atoms with E-state index in [1.165, 1.54) is 12.1 Å². The minimum atomic E-state index is -2.64. The molecule has 1 rings (SSSR count). The minimum absolute atomic E-state index is 0.163. The first-order chi connectivity index (χ1) is 7.08. The zero-order valence-corrected chi connectivity index (χ0v) is 8.11. The lowest BCUT2D eigenvalue weighted by atomic mass is 9.98. The Morgan fingerprint density at radius 3 is 2.20 bits per heavy atom. The van der Waals surface area contributed by atoms with Crippen LogP contribution in [0.5, 0.6) is 0 Å². The molecule has 1 atom stereocenters. The molecule has 2 nitrogen and oxygen atoms in total. The van der Waals surface area contributed by atoms with Crippen molar-refractivity contribution in [1.29, 1.82) is 0 Å². The molecular weight excluding hydrogens is 202 g/mol. The Kier molecular flexibility index (Phi) is 3.66. The van der Waals surface area contributed by atoms with Gasteiger partial charge in [0, 0.05) is 17.0 Å². The van der Waals surface area contributed by atoms with Crippen LogP contribution in [0.4, 0.5) is 8.78 Å². The summed E-state index contributed by atoms with van der Waals surface area (Å²) in [5.41, 5.74) is 0.365. The van der Waals surface area contributed by atoms with Crippen LogP contribution in [0.15, 0.2) is 18.2 Å². The van der Waals surface area contributed by atoms with Gasteiger partial charge in [-0.05, 0) is 23.8 Å². The molecule has 0 amide bonds. The topological polar surface area (TPSA) is 34.1 Å². The molecule has 0 aliphatic rings. The first-order valence-electron chi connectivity index (χ1n) is 4.42. The molecule has 0 radical (unpaired) electrons. The lowest BCUT2D eigenvalue weighted by Crippen LogP contribution is -1.98. The summed E-state index contributed by atoms with van der Waals surface area (Å²) in [6.07, 6.45) is -1.49. The van der Waals surface area contributed by atoms with Gasteiger partial charge in [-0.15, -0.1) is 0 Å². The summed E-state index contributed by atoms with van der Waals surface area (Å²) >= 11 is 0. The van der Waals surface area contributed by atoms with Crippen molar-refractivity contribution < 1.29 is 18.4 Å². The molecule has 0 aliphatic carbocycles. The van der Waals surface area contributed by atoms with E-state index in [1.807, 2.05) is 0 Å². The van der Waals surface area contributed by atoms with Crippen molar-refractivity contribution in [2.75, 3.05) is 0 Å². The van der Waals surface area contributed by atoms with E-state index in [0.717, 1.165) is 6.07 Å². The van der Waals surface area contributed by atoms with Crippen LogP contribution >= 0.6 is 0 Å². The van der Waals surface area contributed by atoms with Crippen molar-refractivity contribution in [2.24, 2.45) is 0 Å². The normalized spacial score (nSPS) is 12.5. The molecule has 0 fully saturated rings. The van der Waals surface area contributed by atoms with Crippen LogP contribution in [-0.2, 0) is 4.79 Å². The lowest BCUT2D eigenvalue weighted by Gasteiger charge is -2.08. The highest BCUT2D eigenvalue weighted by Crippen LogP contribution is 2.24. The van der Waals surface area contributed by atoms with Crippen LogP contribution in [0.3, 0.4) is 0 Å². The van der Waals surface area contributed by atoms with Gasteiger partial charge in [0.05, 0.1) is 0 Å². The fourth-order valence-corrected chi connectivity index (χ4v) is 1.24. The summed E-state index contributed by atoms with van der Waals surface area (Å²) in [6.45, 7) is 1.59. The Morgan fingerprint density at radius 1 is 1.13 bits per heavy atom. The molecule has 1 aromatic carbocycles. The van der Waals surface area contributed by atoms with Crippen LogP contribution in [0, 0.1) is 0 Å². The molecule has 1 unspecified atom stereocenters. The molecule has 80 valence electrons. The van der Waals surface area contributed by atoms with Crippen LogP contribution in [0.25, 0.3) is 0 Å². The van der Waals surface area contributed by atoms with Crippen LogP contribution < -0.4 is 0 Å². The number of carbonyl (C=O) groups excluding carboxylic acids is 2. The standard InChI is InChI=1S/C11H10F2O2/c1-7(5-14)9-2-8(6-15)3-10(4-9)11(12)13/h2-7,11H,1H3. The van der Waals surface area contributed by atoms with E-state index in [0.29, 0.717) is 18.1 Å². The molecule has 0 aromatic heterocycles. The quantitative estimate of drug-likeness (QED) is 0.719. The molecule has 0 heterocycles. The molecule has 1 aromatic rings. The maximum atomic E-state index is 12.4. The SMILES string of the molecule is CC(C=O)c1cc(C=O)cc(C(F)F)c1.